The lowest BCUT2D eigenvalue weighted by Gasteiger charge is -2.26. The number of nitriles is 1. The summed E-state index contributed by atoms with van der Waals surface area (Å²) in [4.78, 5) is 12.4. The maximum atomic E-state index is 9.83. The molecule has 0 radical (unpaired) electrons. The summed E-state index contributed by atoms with van der Waals surface area (Å²) in [5, 5.41) is 15.6. The lowest BCUT2D eigenvalue weighted by atomic mass is 10.0. The minimum absolute atomic E-state index is 0.477. The molecule has 0 spiro atoms. The number of rotatable bonds is 7. The van der Waals surface area contributed by atoms with E-state index in [-0.39, 0.29) is 0 Å². The number of halogens is 1. The van der Waals surface area contributed by atoms with Gasteiger partial charge in [-0.1, -0.05) is 66.2 Å². The largest absolute Gasteiger partial charge is 0.354 e. The van der Waals surface area contributed by atoms with Crippen LogP contribution in [0.15, 0.2) is 89.3 Å². The second-order valence-electron chi connectivity index (χ2n) is 10.1. The van der Waals surface area contributed by atoms with Crippen LogP contribution in [0.25, 0.3) is 22.0 Å². The van der Waals surface area contributed by atoms with Gasteiger partial charge in [0.2, 0.25) is 0 Å². The molecule has 1 fully saturated rings. The van der Waals surface area contributed by atoms with Crippen molar-refractivity contribution in [3.05, 3.63) is 95.4 Å². The lowest BCUT2D eigenvalue weighted by Crippen LogP contribution is -2.28. The predicted octanol–water partition coefficient (Wildman–Crippen LogP) is 8.04. The van der Waals surface area contributed by atoms with E-state index < -0.39 is 0 Å². The number of aromatic nitrogens is 3. The van der Waals surface area contributed by atoms with Gasteiger partial charge in [-0.2, -0.15) is 5.26 Å². The number of nitrogens with one attached hydrogen (secondary N) is 1. The number of piperidine rings is 1. The summed E-state index contributed by atoms with van der Waals surface area (Å²) in [5.74, 6) is 0. The standard InChI is InChI=1S/C32H29ClN6S/c1-38-16-13-35-32(38)40-30-12-10-26(18-28(30)33)37-31-25(19-34)20-36-29-17-24(9-11-27(29)31)23-7-5-22(6-8-23)21-39-14-3-2-4-15-39/h5-13,16-18,20H,2-4,14-15,21H2,1H3,(H,36,37). The Morgan fingerprint density at radius 2 is 1.77 bits per heavy atom. The first-order valence-electron chi connectivity index (χ1n) is 13.4. The molecule has 0 bridgehead atoms. The Balaban J connectivity index is 1.24. The Labute approximate surface area is 243 Å². The zero-order valence-electron chi connectivity index (χ0n) is 22.3. The quantitative estimate of drug-likeness (QED) is 0.216. The molecular formula is C32H29ClN6S. The molecule has 6 nitrogen and oxygen atoms in total. The number of imidazole rings is 1. The summed E-state index contributed by atoms with van der Waals surface area (Å²) in [7, 11) is 1.95. The molecule has 0 amide bonds. The summed E-state index contributed by atoms with van der Waals surface area (Å²) < 4.78 is 1.95. The van der Waals surface area contributed by atoms with Gasteiger partial charge in [0.1, 0.15) is 6.07 Å². The second-order valence-corrected chi connectivity index (χ2v) is 11.5. The maximum Gasteiger partial charge on any atom is 0.172 e. The summed E-state index contributed by atoms with van der Waals surface area (Å²) in [5.41, 5.74) is 6.41. The Hall–Kier alpha value is -3.83. The van der Waals surface area contributed by atoms with E-state index in [1.165, 1.54) is 49.7 Å². The van der Waals surface area contributed by atoms with Crippen LogP contribution in [-0.4, -0.2) is 32.5 Å². The fraction of sp³-hybridized carbons (Fsp3) is 0.219. The van der Waals surface area contributed by atoms with Gasteiger partial charge in [-0.15, -0.1) is 0 Å². The topological polar surface area (TPSA) is 69.8 Å². The number of pyridine rings is 1. The van der Waals surface area contributed by atoms with Crippen molar-refractivity contribution in [3.63, 3.8) is 0 Å². The van der Waals surface area contributed by atoms with Crippen LogP contribution in [0.4, 0.5) is 11.4 Å². The van der Waals surface area contributed by atoms with Crippen LogP contribution < -0.4 is 5.32 Å². The van der Waals surface area contributed by atoms with E-state index in [9.17, 15) is 5.26 Å². The Kier molecular flexibility index (Phi) is 7.74. The highest BCUT2D eigenvalue weighted by molar-refractivity contribution is 7.99. The summed E-state index contributed by atoms with van der Waals surface area (Å²) in [6.07, 6.45) is 9.25. The van der Waals surface area contributed by atoms with Crippen LogP contribution in [0, 0.1) is 11.3 Å². The van der Waals surface area contributed by atoms with Crippen molar-refractivity contribution in [2.45, 2.75) is 35.9 Å². The van der Waals surface area contributed by atoms with Gasteiger partial charge in [-0.3, -0.25) is 9.88 Å². The third-order valence-corrected chi connectivity index (χ3v) is 8.89. The second kappa shape index (κ2) is 11.7. The van der Waals surface area contributed by atoms with Gasteiger partial charge in [0.05, 0.1) is 21.8 Å². The average Bonchev–Trinajstić information content (AvgIpc) is 3.39. The smallest absolute Gasteiger partial charge is 0.172 e. The first kappa shape index (κ1) is 26.4. The molecule has 1 aliphatic heterocycles. The van der Waals surface area contributed by atoms with Gasteiger partial charge in [0.25, 0.3) is 0 Å². The van der Waals surface area contributed by atoms with Crippen LogP contribution in [-0.2, 0) is 13.6 Å². The molecule has 2 aromatic heterocycles. The van der Waals surface area contributed by atoms with E-state index in [0.29, 0.717) is 10.6 Å². The highest BCUT2D eigenvalue weighted by Crippen LogP contribution is 2.36. The fourth-order valence-corrected chi connectivity index (χ4v) is 6.23. The Morgan fingerprint density at radius 3 is 2.50 bits per heavy atom. The van der Waals surface area contributed by atoms with E-state index in [1.54, 1.807) is 12.4 Å². The molecule has 200 valence electrons. The molecule has 0 atom stereocenters. The number of hydrogen-bond donors (Lipinski definition) is 1. The van der Waals surface area contributed by atoms with Crippen LogP contribution in [0.5, 0.6) is 0 Å². The van der Waals surface area contributed by atoms with Crippen molar-refractivity contribution in [2.75, 3.05) is 18.4 Å². The average molecular weight is 565 g/mol. The zero-order chi connectivity index (χ0) is 27.5. The zero-order valence-corrected chi connectivity index (χ0v) is 23.8. The molecule has 3 heterocycles. The monoisotopic (exact) mass is 564 g/mol. The van der Waals surface area contributed by atoms with Gasteiger partial charge in [-0.25, -0.2) is 4.98 Å². The molecule has 8 heteroatoms. The minimum atomic E-state index is 0.477. The summed E-state index contributed by atoms with van der Waals surface area (Å²) >= 11 is 8.14. The first-order chi connectivity index (χ1) is 19.6. The molecule has 40 heavy (non-hydrogen) atoms. The fourth-order valence-electron chi connectivity index (χ4n) is 5.13. The van der Waals surface area contributed by atoms with Crippen molar-refractivity contribution >= 4 is 45.6 Å². The van der Waals surface area contributed by atoms with Crippen molar-refractivity contribution in [1.29, 1.82) is 5.26 Å². The summed E-state index contributed by atoms with van der Waals surface area (Å²) in [6, 6.07) is 23.1. The van der Waals surface area contributed by atoms with Gasteiger partial charge >= 0.3 is 0 Å². The number of fused-ring (bicyclic) bond motifs is 1. The van der Waals surface area contributed by atoms with E-state index in [4.69, 9.17) is 11.6 Å². The van der Waals surface area contributed by atoms with E-state index in [1.807, 2.05) is 42.1 Å². The van der Waals surface area contributed by atoms with Crippen molar-refractivity contribution in [1.82, 2.24) is 19.4 Å². The molecule has 1 N–H and O–H groups in total. The third kappa shape index (κ3) is 5.71. The Bertz CT molecular complexity index is 1700. The van der Waals surface area contributed by atoms with E-state index >= 15 is 0 Å². The number of benzene rings is 3. The van der Waals surface area contributed by atoms with E-state index in [2.05, 4.69) is 62.7 Å². The molecule has 1 aliphatic rings. The van der Waals surface area contributed by atoms with Gasteiger partial charge < -0.3 is 9.88 Å². The number of anilines is 2. The minimum Gasteiger partial charge on any atom is -0.354 e. The highest BCUT2D eigenvalue weighted by atomic mass is 35.5. The third-order valence-electron chi connectivity index (χ3n) is 7.31. The Morgan fingerprint density at radius 1 is 0.975 bits per heavy atom. The van der Waals surface area contributed by atoms with Gasteiger partial charge in [0.15, 0.2) is 5.16 Å². The molecule has 3 aromatic carbocycles. The number of aryl methyl sites for hydroxylation is 1. The van der Waals surface area contributed by atoms with Gasteiger partial charge in [0, 0.05) is 48.2 Å². The normalized spacial score (nSPS) is 13.8. The molecule has 5 aromatic rings. The van der Waals surface area contributed by atoms with Crippen LogP contribution in [0.3, 0.4) is 0 Å². The van der Waals surface area contributed by atoms with Crippen LogP contribution in [0.2, 0.25) is 5.02 Å². The molecule has 0 aliphatic carbocycles. The van der Waals surface area contributed by atoms with Crippen LogP contribution in [0.1, 0.15) is 30.4 Å². The molecule has 0 unspecified atom stereocenters. The molecule has 0 saturated carbocycles. The first-order valence-corrected chi connectivity index (χ1v) is 14.6. The highest BCUT2D eigenvalue weighted by Gasteiger charge is 2.14. The predicted molar refractivity (Wildman–Crippen MR) is 163 cm³/mol. The van der Waals surface area contributed by atoms with Crippen LogP contribution >= 0.6 is 23.4 Å². The van der Waals surface area contributed by atoms with Crippen molar-refractivity contribution in [2.24, 2.45) is 7.05 Å². The number of nitrogens with zero attached hydrogens (tertiary/aromatic N) is 5. The SMILES string of the molecule is Cn1ccnc1Sc1ccc(Nc2c(C#N)cnc3cc(-c4ccc(CN5CCCCC5)cc4)ccc23)cc1Cl. The lowest BCUT2D eigenvalue weighted by molar-refractivity contribution is 0.221. The van der Waals surface area contributed by atoms with Crippen molar-refractivity contribution in [3.8, 4) is 17.2 Å². The van der Waals surface area contributed by atoms with Crippen molar-refractivity contribution < 1.29 is 0 Å². The molecule has 1 saturated heterocycles. The maximum absolute atomic E-state index is 9.83. The number of likely N-dealkylation sites (tertiary alicyclic amines) is 1. The molecular weight excluding hydrogens is 536 g/mol. The van der Waals surface area contributed by atoms with Gasteiger partial charge in [-0.05, 0) is 66.9 Å². The molecule has 6 rings (SSSR count). The number of hydrogen-bond acceptors (Lipinski definition) is 6. The van der Waals surface area contributed by atoms with E-state index in [0.717, 1.165) is 50.0 Å². The summed E-state index contributed by atoms with van der Waals surface area (Å²) in [6.45, 7) is 3.40.